The molecule has 0 rings (SSSR count). The Bertz CT molecular complexity index is 44.3. The zero-order valence-electron chi connectivity index (χ0n) is 5.51. The van der Waals surface area contributed by atoms with Crippen molar-refractivity contribution < 1.29 is 9.66 Å². The lowest BCUT2D eigenvalue weighted by atomic mass is 10.2. The maximum atomic E-state index is 9.83. The summed E-state index contributed by atoms with van der Waals surface area (Å²) in [5.74, 6) is 0.714. The van der Waals surface area contributed by atoms with Crippen molar-refractivity contribution in [2.45, 2.75) is 25.7 Å². The topological polar surface area (TPSA) is 40.1 Å². The van der Waals surface area contributed by atoms with Crippen LogP contribution >= 0.6 is 12.0 Å². The highest BCUT2D eigenvalue weighted by Gasteiger charge is 1.88. The average molecular weight is 149 g/mol. The lowest BCUT2D eigenvalue weighted by Gasteiger charge is -1.94. The van der Waals surface area contributed by atoms with Crippen LogP contribution in [0.15, 0.2) is 0 Å². The normalized spacial score (nSPS) is 10.0. The first kappa shape index (κ1) is 9.27. The van der Waals surface area contributed by atoms with Crippen LogP contribution in [0.5, 0.6) is 0 Å². The van der Waals surface area contributed by atoms with Gasteiger partial charge in [0.15, 0.2) is 0 Å². The summed E-state index contributed by atoms with van der Waals surface area (Å²) in [6.45, 7) is 0.282. The van der Waals surface area contributed by atoms with Gasteiger partial charge in [-0.05, 0) is 12.8 Å². The predicted molar refractivity (Wildman–Crippen MR) is 38.7 cm³/mol. The van der Waals surface area contributed by atoms with Crippen LogP contribution < -0.4 is 0 Å². The molecule has 0 fully saturated rings. The quantitative estimate of drug-likeness (QED) is 0.460. The van der Waals surface area contributed by atoms with Crippen molar-refractivity contribution in [2.24, 2.45) is 0 Å². The molecule has 0 spiro atoms. The van der Waals surface area contributed by atoms with Crippen molar-refractivity contribution in [3.63, 3.8) is 0 Å². The fraction of sp³-hybridized carbons (Fsp3) is 1.00. The van der Waals surface area contributed by atoms with Gasteiger partial charge in [-0.1, -0.05) is 12.8 Å². The minimum atomic E-state index is 0.282. The molecule has 0 aliphatic rings. The molecule has 0 aromatic carbocycles. The molecule has 0 saturated heterocycles. The summed E-state index contributed by atoms with van der Waals surface area (Å²) in [6, 6.07) is 0. The molecule has 0 unspecified atom stereocenters. The molecule has 0 aromatic heterocycles. The van der Waals surface area contributed by atoms with Crippen LogP contribution in [-0.2, 0) is 4.55 Å². The second kappa shape index (κ2) is 8.27. The fourth-order valence-electron chi connectivity index (χ4n) is 0.626. The Hall–Kier alpha value is 0.270. The Morgan fingerprint density at radius 1 is 1.11 bits per heavy atom. The summed E-state index contributed by atoms with van der Waals surface area (Å²) in [7, 11) is 0. The first-order valence-electron chi connectivity index (χ1n) is 3.27. The molecule has 1 radical (unpaired) electrons. The monoisotopic (exact) mass is 149 g/mol. The number of unbranched alkanes of at least 4 members (excludes halogenated alkanes) is 3. The van der Waals surface area contributed by atoms with Crippen molar-refractivity contribution in [1.29, 1.82) is 0 Å². The maximum Gasteiger partial charge on any atom is 0.0431 e. The van der Waals surface area contributed by atoms with Crippen molar-refractivity contribution >= 4 is 12.0 Å². The van der Waals surface area contributed by atoms with E-state index in [4.69, 9.17) is 5.11 Å². The molecule has 0 heterocycles. The van der Waals surface area contributed by atoms with E-state index in [-0.39, 0.29) is 6.61 Å². The molecule has 3 heteroatoms. The molecule has 0 aliphatic heterocycles. The third-order valence-corrected chi connectivity index (χ3v) is 1.59. The van der Waals surface area contributed by atoms with Gasteiger partial charge < -0.3 is 5.11 Å². The zero-order chi connectivity index (χ0) is 6.95. The SMILES string of the molecule is [O]SCCCCCCO. The Labute approximate surface area is 60.5 Å². The lowest BCUT2D eigenvalue weighted by molar-refractivity contribution is 0.283. The van der Waals surface area contributed by atoms with Crippen LogP contribution in [0.25, 0.3) is 0 Å². The van der Waals surface area contributed by atoms with Crippen molar-refractivity contribution in [2.75, 3.05) is 12.4 Å². The molecule has 0 atom stereocenters. The third kappa shape index (κ3) is 8.27. The first-order chi connectivity index (χ1) is 4.41. The van der Waals surface area contributed by atoms with Gasteiger partial charge in [0, 0.05) is 24.4 Å². The van der Waals surface area contributed by atoms with E-state index in [1.54, 1.807) is 0 Å². The van der Waals surface area contributed by atoms with E-state index >= 15 is 0 Å². The highest BCUT2D eigenvalue weighted by Crippen LogP contribution is 2.03. The van der Waals surface area contributed by atoms with Gasteiger partial charge in [-0.3, -0.25) is 0 Å². The first-order valence-corrected chi connectivity index (χ1v) is 4.18. The molecule has 55 valence electrons. The highest BCUT2D eigenvalue weighted by atomic mass is 32.2. The van der Waals surface area contributed by atoms with Crippen LogP contribution in [0.2, 0.25) is 0 Å². The number of hydrogen-bond donors (Lipinski definition) is 1. The summed E-state index contributed by atoms with van der Waals surface area (Å²) in [4.78, 5) is 0. The average Bonchev–Trinajstić information content (AvgIpc) is 1.89. The van der Waals surface area contributed by atoms with Gasteiger partial charge in [0.1, 0.15) is 0 Å². The molecule has 0 aromatic rings. The molecule has 0 amide bonds. The van der Waals surface area contributed by atoms with Crippen molar-refractivity contribution in [3.8, 4) is 0 Å². The Balaban J connectivity index is 2.60. The van der Waals surface area contributed by atoms with Gasteiger partial charge in [0.05, 0.1) is 0 Å². The number of aliphatic hydroxyl groups is 1. The van der Waals surface area contributed by atoms with E-state index in [9.17, 15) is 4.55 Å². The maximum absolute atomic E-state index is 9.83. The Morgan fingerprint density at radius 3 is 2.33 bits per heavy atom. The molecular formula is C6H13O2S. The van der Waals surface area contributed by atoms with Crippen LogP contribution in [0.3, 0.4) is 0 Å². The summed E-state index contributed by atoms with van der Waals surface area (Å²) in [5.41, 5.74) is 0. The van der Waals surface area contributed by atoms with E-state index in [1.165, 1.54) is 0 Å². The number of hydrogen-bond acceptors (Lipinski definition) is 2. The van der Waals surface area contributed by atoms with E-state index in [0.29, 0.717) is 17.8 Å². The molecular weight excluding hydrogens is 136 g/mol. The van der Waals surface area contributed by atoms with E-state index in [1.807, 2.05) is 0 Å². The summed E-state index contributed by atoms with van der Waals surface area (Å²) in [5, 5.41) is 8.36. The van der Waals surface area contributed by atoms with E-state index in [2.05, 4.69) is 0 Å². The lowest BCUT2D eigenvalue weighted by Crippen LogP contribution is -1.84. The molecule has 1 N–H and O–H groups in total. The molecule has 9 heavy (non-hydrogen) atoms. The van der Waals surface area contributed by atoms with Gasteiger partial charge in [-0.15, -0.1) is 0 Å². The second-order valence-electron chi connectivity index (χ2n) is 1.96. The Kier molecular flexibility index (Phi) is 8.52. The minimum absolute atomic E-state index is 0.282. The Morgan fingerprint density at radius 2 is 1.78 bits per heavy atom. The third-order valence-electron chi connectivity index (χ3n) is 1.14. The summed E-state index contributed by atoms with van der Waals surface area (Å²) >= 11 is 0.647. The van der Waals surface area contributed by atoms with Crippen molar-refractivity contribution in [1.82, 2.24) is 0 Å². The summed E-state index contributed by atoms with van der Waals surface area (Å²) in [6.07, 6.45) is 4.00. The minimum Gasteiger partial charge on any atom is -0.396 e. The fourth-order valence-corrected chi connectivity index (χ4v) is 0.948. The largest absolute Gasteiger partial charge is 0.396 e. The van der Waals surface area contributed by atoms with Gasteiger partial charge in [0.2, 0.25) is 0 Å². The number of aliphatic hydroxyl groups excluding tert-OH is 1. The van der Waals surface area contributed by atoms with E-state index in [0.717, 1.165) is 25.7 Å². The van der Waals surface area contributed by atoms with Crippen LogP contribution in [0, 0.1) is 0 Å². The molecule has 2 nitrogen and oxygen atoms in total. The molecule has 0 saturated carbocycles. The smallest absolute Gasteiger partial charge is 0.0431 e. The second-order valence-corrected chi connectivity index (χ2v) is 2.60. The van der Waals surface area contributed by atoms with Crippen LogP contribution in [0.4, 0.5) is 0 Å². The van der Waals surface area contributed by atoms with Gasteiger partial charge in [-0.2, -0.15) is 4.55 Å². The van der Waals surface area contributed by atoms with E-state index < -0.39 is 0 Å². The van der Waals surface area contributed by atoms with Crippen LogP contribution in [0.1, 0.15) is 25.7 Å². The van der Waals surface area contributed by atoms with Gasteiger partial charge in [-0.25, -0.2) is 0 Å². The molecule has 0 aliphatic carbocycles. The molecule has 0 bridgehead atoms. The van der Waals surface area contributed by atoms with Gasteiger partial charge in [0.25, 0.3) is 0 Å². The standard InChI is InChI=1S/C6H13O2S/c7-5-3-1-2-4-6-9-8/h7H,1-6H2. The van der Waals surface area contributed by atoms with Crippen molar-refractivity contribution in [3.05, 3.63) is 0 Å². The van der Waals surface area contributed by atoms with Crippen LogP contribution in [-0.4, -0.2) is 17.5 Å². The number of rotatable bonds is 6. The summed E-state index contributed by atoms with van der Waals surface area (Å²) < 4.78 is 9.83. The highest BCUT2D eigenvalue weighted by molar-refractivity contribution is 7.93. The zero-order valence-corrected chi connectivity index (χ0v) is 6.32. The van der Waals surface area contributed by atoms with Gasteiger partial charge >= 0.3 is 0 Å². The predicted octanol–water partition coefficient (Wildman–Crippen LogP) is 1.62.